The number of benzene rings is 1. The topological polar surface area (TPSA) is 74.7 Å². The van der Waals surface area contributed by atoms with Crippen LogP contribution in [-0.4, -0.2) is 4.98 Å². The Morgan fingerprint density at radius 1 is 1.37 bits per heavy atom. The number of pyridine rings is 1. The zero-order valence-electron chi connectivity index (χ0n) is 10.4. The molecule has 1 heterocycles. The predicted octanol–water partition coefficient (Wildman–Crippen LogP) is 3.47. The van der Waals surface area contributed by atoms with E-state index in [9.17, 15) is 0 Å². The van der Waals surface area contributed by atoms with Gasteiger partial charge in [-0.15, -0.1) is 0 Å². The number of halogens is 1. The molecule has 1 aromatic carbocycles. The molecule has 2 aromatic rings. The molecule has 1 atom stereocenters. The maximum Gasteiger partial charge on any atom is 0.149 e. The van der Waals surface area contributed by atoms with Crippen LogP contribution in [-0.2, 0) is 0 Å². The molecule has 0 saturated heterocycles. The first-order chi connectivity index (χ1) is 9.10. The van der Waals surface area contributed by atoms with Gasteiger partial charge in [-0.1, -0.05) is 12.1 Å². The van der Waals surface area contributed by atoms with Gasteiger partial charge in [-0.2, -0.15) is 5.26 Å². The van der Waals surface area contributed by atoms with Crippen molar-refractivity contribution < 1.29 is 0 Å². The monoisotopic (exact) mass is 316 g/mol. The Balaban J connectivity index is 2.16. The summed E-state index contributed by atoms with van der Waals surface area (Å²) in [4.78, 5) is 4.24. The zero-order valence-corrected chi connectivity index (χ0v) is 12.0. The molecule has 96 valence electrons. The fourth-order valence-corrected chi connectivity index (χ4v) is 2.06. The lowest BCUT2D eigenvalue weighted by atomic mass is 10.1. The van der Waals surface area contributed by atoms with Gasteiger partial charge in [-0.05, 0) is 46.6 Å². The van der Waals surface area contributed by atoms with Crippen LogP contribution in [0.4, 0.5) is 11.5 Å². The van der Waals surface area contributed by atoms with E-state index in [-0.39, 0.29) is 6.04 Å². The maximum absolute atomic E-state index is 8.77. The Morgan fingerprint density at radius 2 is 2.05 bits per heavy atom. The highest BCUT2D eigenvalue weighted by atomic mass is 79.9. The summed E-state index contributed by atoms with van der Waals surface area (Å²) in [6.07, 6.45) is 1.70. The minimum atomic E-state index is 0.0590. The zero-order chi connectivity index (χ0) is 13.8. The number of anilines is 2. The van der Waals surface area contributed by atoms with Crippen molar-refractivity contribution in [1.29, 1.82) is 5.26 Å². The molecule has 4 nitrogen and oxygen atoms in total. The van der Waals surface area contributed by atoms with Crippen LogP contribution in [0.3, 0.4) is 0 Å². The van der Waals surface area contributed by atoms with Crippen LogP contribution in [0.15, 0.2) is 41.0 Å². The maximum atomic E-state index is 8.77. The number of nitrogen functional groups attached to an aromatic ring is 1. The highest BCUT2D eigenvalue weighted by Gasteiger charge is 2.08. The molecule has 2 rings (SSSR count). The molecule has 0 aliphatic heterocycles. The third kappa shape index (κ3) is 3.24. The lowest BCUT2D eigenvalue weighted by Crippen LogP contribution is -2.09. The molecule has 0 aliphatic carbocycles. The van der Waals surface area contributed by atoms with Crippen molar-refractivity contribution >= 4 is 27.4 Å². The summed E-state index contributed by atoms with van der Waals surface area (Å²) >= 11 is 3.32. The van der Waals surface area contributed by atoms with E-state index in [0.29, 0.717) is 17.1 Å². The second kappa shape index (κ2) is 5.72. The summed E-state index contributed by atoms with van der Waals surface area (Å²) in [6, 6.07) is 11.4. The van der Waals surface area contributed by atoms with E-state index >= 15 is 0 Å². The van der Waals surface area contributed by atoms with Crippen LogP contribution in [0.2, 0.25) is 0 Å². The summed E-state index contributed by atoms with van der Waals surface area (Å²) in [7, 11) is 0. The molecule has 19 heavy (non-hydrogen) atoms. The average Bonchev–Trinajstić information content (AvgIpc) is 2.42. The first-order valence-corrected chi connectivity index (χ1v) is 6.57. The van der Waals surface area contributed by atoms with E-state index in [4.69, 9.17) is 11.0 Å². The number of nitrogens with zero attached hydrogens (tertiary/aromatic N) is 2. The van der Waals surface area contributed by atoms with E-state index in [1.165, 1.54) is 0 Å². The number of hydrogen-bond donors (Lipinski definition) is 2. The highest BCUT2D eigenvalue weighted by molar-refractivity contribution is 9.10. The number of nitrogens with one attached hydrogen (secondary N) is 1. The van der Waals surface area contributed by atoms with Crippen LogP contribution < -0.4 is 11.1 Å². The van der Waals surface area contributed by atoms with Crippen molar-refractivity contribution in [3.8, 4) is 6.07 Å². The van der Waals surface area contributed by atoms with E-state index in [0.717, 1.165) is 10.0 Å². The number of nitrogens with two attached hydrogens (primary N) is 1. The largest absolute Gasteiger partial charge is 0.396 e. The molecular formula is C14H13BrN4. The fraction of sp³-hybridized carbons (Fsp3) is 0.143. The number of hydrogen-bond acceptors (Lipinski definition) is 4. The van der Waals surface area contributed by atoms with Crippen molar-refractivity contribution in [3.05, 3.63) is 52.1 Å². The van der Waals surface area contributed by atoms with Crippen molar-refractivity contribution in [2.75, 3.05) is 11.1 Å². The number of rotatable bonds is 3. The lowest BCUT2D eigenvalue weighted by molar-refractivity contribution is 0.875. The number of aromatic nitrogens is 1. The first kappa shape index (κ1) is 13.4. The molecule has 0 radical (unpaired) electrons. The highest BCUT2D eigenvalue weighted by Crippen LogP contribution is 2.24. The van der Waals surface area contributed by atoms with E-state index in [1.807, 2.05) is 19.1 Å². The molecule has 0 spiro atoms. The molecule has 5 heteroatoms. The SMILES string of the molecule is CC(Nc1ncc(Br)cc1N)c1ccc(C#N)cc1. The third-order valence-corrected chi connectivity index (χ3v) is 3.21. The van der Waals surface area contributed by atoms with Crippen molar-refractivity contribution in [1.82, 2.24) is 4.98 Å². The fourth-order valence-electron chi connectivity index (χ4n) is 1.71. The normalized spacial score (nSPS) is 11.6. The van der Waals surface area contributed by atoms with E-state index < -0.39 is 0 Å². The van der Waals surface area contributed by atoms with E-state index in [1.54, 1.807) is 24.4 Å². The third-order valence-electron chi connectivity index (χ3n) is 2.78. The van der Waals surface area contributed by atoms with Gasteiger partial charge in [-0.3, -0.25) is 0 Å². The molecule has 1 unspecified atom stereocenters. The lowest BCUT2D eigenvalue weighted by Gasteiger charge is -2.16. The quantitative estimate of drug-likeness (QED) is 0.909. The van der Waals surface area contributed by atoms with Crippen LogP contribution in [0.1, 0.15) is 24.1 Å². The van der Waals surface area contributed by atoms with Crippen molar-refractivity contribution in [3.63, 3.8) is 0 Å². The molecule has 3 N–H and O–H groups in total. The van der Waals surface area contributed by atoms with Gasteiger partial charge in [0.15, 0.2) is 0 Å². The minimum absolute atomic E-state index is 0.0590. The van der Waals surface area contributed by atoms with Crippen LogP contribution in [0.5, 0.6) is 0 Å². The van der Waals surface area contributed by atoms with Crippen LogP contribution in [0.25, 0.3) is 0 Å². The van der Waals surface area contributed by atoms with Gasteiger partial charge in [0, 0.05) is 10.7 Å². The Hall–Kier alpha value is -2.06. The summed E-state index contributed by atoms with van der Waals surface area (Å²) < 4.78 is 0.849. The standard InChI is InChI=1S/C14H13BrN4/c1-9(11-4-2-10(7-16)3-5-11)19-14-13(17)6-12(15)8-18-14/h2-6,8-9H,17H2,1H3,(H,18,19). The smallest absolute Gasteiger partial charge is 0.149 e. The Bertz CT molecular complexity index is 616. The Morgan fingerprint density at radius 3 is 2.63 bits per heavy atom. The molecule has 0 aliphatic rings. The summed E-state index contributed by atoms with van der Waals surface area (Å²) in [5.41, 5.74) is 8.21. The molecular weight excluding hydrogens is 304 g/mol. The van der Waals surface area contributed by atoms with Crippen molar-refractivity contribution in [2.24, 2.45) is 0 Å². The molecule has 0 amide bonds. The Labute approximate surface area is 120 Å². The van der Waals surface area contributed by atoms with Gasteiger partial charge in [0.2, 0.25) is 0 Å². The Kier molecular flexibility index (Phi) is 4.03. The van der Waals surface area contributed by atoms with Gasteiger partial charge < -0.3 is 11.1 Å². The molecule has 0 saturated carbocycles. The molecule has 0 fully saturated rings. The van der Waals surface area contributed by atoms with Gasteiger partial charge in [-0.25, -0.2) is 4.98 Å². The predicted molar refractivity (Wildman–Crippen MR) is 79.5 cm³/mol. The first-order valence-electron chi connectivity index (χ1n) is 5.78. The van der Waals surface area contributed by atoms with Crippen molar-refractivity contribution in [2.45, 2.75) is 13.0 Å². The summed E-state index contributed by atoms with van der Waals surface area (Å²) in [5, 5.41) is 12.0. The summed E-state index contributed by atoms with van der Waals surface area (Å²) in [6.45, 7) is 2.02. The summed E-state index contributed by atoms with van der Waals surface area (Å²) in [5.74, 6) is 0.653. The minimum Gasteiger partial charge on any atom is -0.396 e. The molecule has 1 aromatic heterocycles. The number of nitriles is 1. The molecule has 0 bridgehead atoms. The second-order valence-corrected chi connectivity index (χ2v) is 5.11. The second-order valence-electron chi connectivity index (χ2n) is 4.19. The van der Waals surface area contributed by atoms with Gasteiger partial charge >= 0.3 is 0 Å². The average molecular weight is 317 g/mol. The van der Waals surface area contributed by atoms with Crippen LogP contribution in [0, 0.1) is 11.3 Å². The van der Waals surface area contributed by atoms with E-state index in [2.05, 4.69) is 32.3 Å². The van der Waals surface area contributed by atoms with Crippen LogP contribution >= 0.6 is 15.9 Å². The van der Waals surface area contributed by atoms with Gasteiger partial charge in [0.05, 0.1) is 23.4 Å². The van der Waals surface area contributed by atoms with Gasteiger partial charge in [0.25, 0.3) is 0 Å². The van der Waals surface area contributed by atoms with Gasteiger partial charge in [0.1, 0.15) is 5.82 Å².